The molecule has 0 N–H and O–H groups in total. The molecule has 0 spiro atoms. The molecule has 0 aliphatic carbocycles. The van der Waals surface area contributed by atoms with Crippen LogP contribution in [0.1, 0.15) is 21.5 Å². The van der Waals surface area contributed by atoms with Gasteiger partial charge in [-0.2, -0.15) is 0 Å². The van der Waals surface area contributed by atoms with Crippen LogP contribution in [0.25, 0.3) is 0 Å². The fourth-order valence-corrected chi connectivity index (χ4v) is 2.93. The largest absolute Gasteiger partial charge is 0.496 e. The first-order chi connectivity index (χ1) is 9.85. The van der Waals surface area contributed by atoms with E-state index < -0.39 is 22.3 Å². The third kappa shape index (κ3) is 3.26. The molecule has 0 amide bonds. The highest BCUT2D eigenvalue weighted by atomic mass is 79.9. The van der Waals surface area contributed by atoms with E-state index in [0.29, 0.717) is 11.3 Å². The van der Waals surface area contributed by atoms with Crippen LogP contribution in [-0.4, -0.2) is 7.11 Å². The summed E-state index contributed by atoms with van der Waals surface area (Å²) in [6.07, 6.45) is 0. The van der Waals surface area contributed by atoms with Gasteiger partial charge in [0.1, 0.15) is 5.75 Å². The van der Waals surface area contributed by atoms with Crippen molar-refractivity contribution in [2.75, 3.05) is 7.11 Å². The molecule has 2 aromatic rings. The Bertz CT molecular complexity index is 666. The molecule has 6 heteroatoms. The SMILES string of the molecule is COc1cc(C)c(Br)cc1C(Br)c1cc(F)c(F)c(F)c1. The van der Waals surface area contributed by atoms with Gasteiger partial charge in [-0.15, -0.1) is 0 Å². The Morgan fingerprint density at radius 3 is 2.14 bits per heavy atom. The maximum Gasteiger partial charge on any atom is 0.194 e. The van der Waals surface area contributed by atoms with Gasteiger partial charge >= 0.3 is 0 Å². The topological polar surface area (TPSA) is 9.23 Å². The molecule has 0 fully saturated rings. The lowest BCUT2D eigenvalue weighted by Gasteiger charge is -2.17. The number of aryl methyl sites for hydroxylation is 1. The van der Waals surface area contributed by atoms with Crippen molar-refractivity contribution < 1.29 is 17.9 Å². The molecule has 21 heavy (non-hydrogen) atoms. The predicted molar refractivity (Wildman–Crippen MR) is 82.5 cm³/mol. The number of hydrogen-bond acceptors (Lipinski definition) is 1. The standard InChI is InChI=1S/C15H11Br2F3O/c1-7-3-13(21-2)9(6-10(7)16)14(17)8-4-11(18)15(20)12(19)5-8/h3-6,14H,1-2H3. The molecule has 0 bridgehead atoms. The van der Waals surface area contributed by atoms with Crippen molar-refractivity contribution in [2.45, 2.75) is 11.8 Å². The molecule has 0 aliphatic rings. The highest BCUT2D eigenvalue weighted by molar-refractivity contribution is 9.10. The summed E-state index contributed by atoms with van der Waals surface area (Å²) in [5.74, 6) is -3.35. The highest BCUT2D eigenvalue weighted by Gasteiger charge is 2.20. The number of alkyl halides is 1. The Labute approximate surface area is 137 Å². The molecule has 0 radical (unpaired) electrons. The van der Waals surface area contributed by atoms with Gasteiger partial charge in [-0.1, -0.05) is 31.9 Å². The Morgan fingerprint density at radius 1 is 1.05 bits per heavy atom. The molecule has 0 aliphatic heterocycles. The van der Waals surface area contributed by atoms with Gasteiger partial charge in [0, 0.05) is 10.0 Å². The van der Waals surface area contributed by atoms with E-state index in [1.54, 1.807) is 6.07 Å². The number of halogens is 5. The summed E-state index contributed by atoms with van der Waals surface area (Å²) in [7, 11) is 1.51. The molecule has 1 atom stereocenters. The van der Waals surface area contributed by atoms with E-state index >= 15 is 0 Å². The fourth-order valence-electron chi connectivity index (χ4n) is 1.95. The van der Waals surface area contributed by atoms with Gasteiger partial charge in [0.2, 0.25) is 0 Å². The summed E-state index contributed by atoms with van der Waals surface area (Å²) in [5, 5.41) is 0. The molecule has 1 nitrogen and oxygen atoms in total. The first-order valence-corrected chi connectivity index (χ1v) is 7.68. The van der Waals surface area contributed by atoms with Gasteiger partial charge in [-0.05, 0) is 42.3 Å². The molecular formula is C15H11Br2F3O. The second kappa shape index (κ2) is 6.40. The molecule has 0 saturated heterocycles. The van der Waals surface area contributed by atoms with Crippen molar-refractivity contribution >= 4 is 31.9 Å². The molecule has 1 unspecified atom stereocenters. The highest BCUT2D eigenvalue weighted by Crippen LogP contribution is 2.39. The Kier molecular flexibility index (Phi) is 4.99. The van der Waals surface area contributed by atoms with Gasteiger partial charge < -0.3 is 4.74 Å². The van der Waals surface area contributed by atoms with Crippen LogP contribution in [-0.2, 0) is 0 Å². The summed E-state index contributed by atoms with van der Waals surface area (Å²) < 4.78 is 45.9. The minimum Gasteiger partial charge on any atom is -0.496 e. The summed E-state index contributed by atoms with van der Waals surface area (Å²) in [4.78, 5) is -0.533. The van der Waals surface area contributed by atoms with E-state index in [1.165, 1.54) is 7.11 Å². The van der Waals surface area contributed by atoms with Crippen molar-refractivity contribution in [3.63, 3.8) is 0 Å². The van der Waals surface area contributed by atoms with Crippen molar-refractivity contribution in [1.29, 1.82) is 0 Å². The van der Waals surface area contributed by atoms with Crippen LogP contribution in [0.2, 0.25) is 0 Å². The molecule has 112 valence electrons. The smallest absolute Gasteiger partial charge is 0.194 e. The van der Waals surface area contributed by atoms with Gasteiger partial charge in [0.25, 0.3) is 0 Å². The third-order valence-corrected chi connectivity index (χ3v) is 4.96. The van der Waals surface area contributed by atoms with E-state index in [0.717, 1.165) is 22.2 Å². The lowest BCUT2D eigenvalue weighted by atomic mass is 10.0. The van der Waals surface area contributed by atoms with E-state index in [-0.39, 0.29) is 5.56 Å². The molecule has 2 aromatic carbocycles. The fraction of sp³-hybridized carbons (Fsp3) is 0.200. The lowest BCUT2D eigenvalue weighted by molar-refractivity contribution is 0.409. The van der Waals surface area contributed by atoms with Crippen molar-refractivity contribution in [1.82, 2.24) is 0 Å². The second-order valence-electron chi connectivity index (χ2n) is 4.50. The van der Waals surface area contributed by atoms with E-state index in [2.05, 4.69) is 31.9 Å². The minimum absolute atomic E-state index is 0.264. The van der Waals surface area contributed by atoms with Crippen molar-refractivity contribution in [3.8, 4) is 5.75 Å². The summed E-state index contributed by atoms with van der Waals surface area (Å²) in [6.45, 7) is 1.90. The van der Waals surface area contributed by atoms with Crippen LogP contribution in [0.5, 0.6) is 5.75 Å². The molecular weight excluding hydrogens is 413 g/mol. The van der Waals surface area contributed by atoms with E-state index in [1.807, 2.05) is 13.0 Å². The van der Waals surface area contributed by atoms with Crippen molar-refractivity contribution in [3.05, 3.63) is 62.9 Å². The maximum atomic E-state index is 13.4. The molecule has 2 rings (SSSR count). The zero-order chi connectivity index (χ0) is 15.7. The molecule has 0 heterocycles. The van der Waals surface area contributed by atoms with Gasteiger partial charge in [0.05, 0.1) is 11.9 Å². The number of methoxy groups -OCH3 is 1. The average Bonchev–Trinajstić information content (AvgIpc) is 2.45. The second-order valence-corrected chi connectivity index (χ2v) is 6.27. The van der Waals surface area contributed by atoms with Gasteiger partial charge in [0.15, 0.2) is 17.5 Å². The Morgan fingerprint density at radius 2 is 1.62 bits per heavy atom. The lowest BCUT2D eigenvalue weighted by Crippen LogP contribution is -2.01. The van der Waals surface area contributed by atoms with Crippen LogP contribution in [0, 0.1) is 24.4 Å². The number of hydrogen-bond donors (Lipinski definition) is 0. The van der Waals surface area contributed by atoms with E-state index in [4.69, 9.17) is 4.74 Å². The van der Waals surface area contributed by atoms with Crippen molar-refractivity contribution in [2.24, 2.45) is 0 Å². The number of rotatable bonds is 3. The first kappa shape index (κ1) is 16.4. The Hall–Kier alpha value is -1.01. The van der Waals surface area contributed by atoms with Gasteiger partial charge in [-0.25, -0.2) is 13.2 Å². The predicted octanol–water partition coefficient (Wildman–Crippen LogP) is 5.67. The number of ether oxygens (including phenoxy) is 1. The zero-order valence-electron chi connectivity index (χ0n) is 11.2. The minimum atomic E-state index is -1.48. The normalized spacial score (nSPS) is 12.3. The van der Waals surface area contributed by atoms with Crippen LogP contribution in [0.3, 0.4) is 0 Å². The molecule has 0 aromatic heterocycles. The average molecular weight is 424 g/mol. The van der Waals surface area contributed by atoms with Crippen LogP contribution >= 0.6 is 31.9 Å². The van der Waals surface area contributed by atoms with E-state index in [9.17, 15) is 13.2 Å². The van der Waals surface area contributed by atoms with Crippen LogP contribution in [0.4, 0.5) is 13.2 Å². The Balaban J connectivity index is 2.54. The van der Waals surface area contributed by atoms with Crippen LogP contribution < -0.4 is 4.74 Å². The maximum absolute atomic E-state index is 13.4. The quantitative estimate of drug-likeness (QED) is 0.456. The third-order valence-electron chi connectivity index (χ3n) is 3.08. The first-order valence-electron chi connectivity index (χ1n) is 5.97. The van der Waals surface area contributed by atoms with Crippen LogP contribution in [0.15, 0.2) is 28.7 Å². The summed E-state index contributed by atoms with van der Waals surface area (Å²) in [5.41, 5.74) is 1.91. The molecule has 0 saturated carbocycles. The summed E-state index contributed by atoms with van der Waals surface area (Å²) >= 11 is 6.79. The van der Waals surface area contributed by atoms with Gasteiger partial charge in [-0.3, -0.25) is 0 Å². The monoisotopic (exact) mass is 422 g/mol. The summed E-state index contributed by atoms with van der Waals surface area (Å²) in [6, 6.07) is 5.53. The number of benzene rings is 2. The zero-order valence-corrected chi connectivity index (χ0v) is 14.4.